The highest BCUT2D eigenvalue weighted by atomic mass is 19.1. The normalized spacial score (nSPS) is 16.1. The number of nitrogens with one attached hydrogen (secondary N) is 1. The van der Waals surface area contributed by atoms with Crippen molar-refractivity contribution in [2.75, 3.05) is 20.1 Å². The summed E-state index contributed by atoms with van der Waals surface area (Å²) in [7, 11) is 2.12. The highest BCUT2D eigenvalue weighted by molar-refractivity contribution is 5.78. The zero-order valence-electron chi connectivity index (χ0n) is 12.8. The largest absolute Gasteiger partial charge is 0.355 e. The third-order valence-corrected chi connectivity index (χ3v) is 4.29. The number of likely N-dealkylation sites (N-methyl/N-ethyl adjacent to an activating group) is 1. The van der Waals surface area contributed by atoms with E-state index in [1.165, 1.54) is 38.2 Å². The Balaban J connectivity index is 1.68. The molecular formula is C17H25FN2O. The summed E-state index contributed by atoms with van der Waals surface area (Å²) in [6.07, 6.45) is 6.62. The minimum Gasteiger partial charge on any atom is -0.355 e. The van der Waals surface area contributed by atoms with Crippen LogP contribution in [0, 0.1) is 5.82 Å². The van der Waals surface area contributed by atoms with Crippen molar-refractivity contribution in [3.05, 3.63) is 35.6 Å². The zero-order valence-corrected chi connectivity index (χ0v) is 12.8. The summed E-state index contributed by atoms with van der Waals surface area (Å²) in [6, 6.07) is 7.09. The third-order valence-electron chi connectivity index (χ3n) is 4.29. The van der Waals surface area contributed by atoms with E-state index in [-0.39, 0.29) is 18.1 Å². The van der Waals surface area contributed by atoms with Crippen molar-refractivity contribution >= 4 is 5.91 Å². The summed E-state index contributed by atoms with van der Waals surface area (Å²) in [4.78, 5) is 14.2. The maximum absolute atomic E-state index is 13.5. The first-order chi connectivity index (χ1) is 10.2. The smallest absolute Gasteiger partial charge is 0.224 e. The first kappa shape index (κ1) is 16.0. The molecule has 0 saturated heterocycles. The summed E-state index contributed by atoms with van der Waals surface area (Å²) in [5.41, 5.74) is 0.454. The fourth-order valence-electron chi connectivity index (χ4n) is 2.95. The molecule has 0 bridgehead atoms. The zero-order chi connectivity index (χ0) is 15.1. The minimum absolute atomic E-state index is 0.111. The van der Waals surface area contributed by atoms with Gasteiger partial charge >= 0.3 is 0 Å². The van der Waals surface area contributed by atoms with Crippen LogP contribution in [0.25, 0.3) is 0 Å². The molecule has 116 valence electrons. The average molecular weight is 292 g/mol. The molecule has 1 N–H and O–H groups in total. The van der Waals surface area contributed by atoms with Gasteiger partial charge in [0.05, 0.1) is 6.42 Å². The van der Waals surface area contributed by atoms with Gasteiger partial charge in [0.25, 0.3) is 0 Å². The van der Waals surface area contributed by atoms with E-state index in [1.54, 1.807) is 18.2 Å². The van der Waals surface area contributed by atoms with Crippen molar-refractivity contribution in [2.24, 2.45) is 0 Å². The number of amides is 1. The van der Waals surface area contributed by atoms with E-state index in [4.69, 9.17) is 0 Å². The van der Waals surface area contributed by atoms with Gasteiger partial charge in [-0.3, -0.25) is 4.79 Å². The van der Waals surface area contributed by atoms with Crippen LogP contribution < -0.4 is 5.32 Å². The van der Waals surface area contributed by atoms with Gasteiger partial charge in [0.15, 0.2) is 0 Å². The fourth-order valence-corrected chi connectivity index (χ4v) is 2.95. The standard InChI is InChI=1S/C17H25FN2O/c1-20(15-8-3-2-4-9-15)12-11-19-17(21)13-14-7-5-6-10-16(14)18/h5-7,10,15H,2-4,8-9,11-13H2,1H3,(H,19,21). The number of nitrogens with zero attached hydrogens (tertiary/aromatic N) is 1. The van der Waals surface area contributed by atoms with Crippen molar-refractivity contribution in [3.63, 3.8) is 0 Å². The molecular weight excluding hydrogens is 267 g/mol. The van der Waals surface area contributed by atoms with Gasteiger partial charge in [0, 0.05) is 19.1 Å². The quantitative estimate of drug-likeness (QED) is 0.874. The molecule has 0 unspecified atom stereocenters. The maximum Gasteiger partial charge on any atom is 0.224 e. The van der Waals surface area contributed by atoms with Gasteiger partial charge in [-0.15, -0.1) is 0 Å². The predicted octanol–water partition coefficient (Wildman–Crippen LogP) is 2.75. The van der Waals surface area contributed by atoms with E-state index in [2.05, 4.69) is 17.3 Å². The number of hydrogen-bond donors (Lipinski definition) is 1. The highest BCUT2D eigenvalue weighted by Gasteiger charge is 2.17. The van der Waals surface area contributed by atoms with Crippen LogP contribution in [-0.2, 0) is 11.2 Å². The minimum atomic E-state index is -0.313. The van der Waals surface area contributed by atoms with Crippen LogP contribution in [0.15, 0.2) is 24.3 Å². The molecule has 0 atom stereocenters. The lowest BCUT2D eigenvalue weighted by Crippen LogP contribution is -2.39. The van der Waals surface area contributed by atoms with Gasteiger partial charge in [-0.1, -0.05) is 37.5 Å². The Bertz CT molecular complexity index is 458. The lowest BCUT2D eigenvalue weighted by molar-refractivity contribution is -0.120. The van der Waals surface area contributed by atoms with Gasteiger partial charge < -0.3 is 10.2 Å². The lowest BCUT2D eigenvalue weighted by Gasteiger charge is -2.31. The third kappa shape index (κ3) is 5.12. The Morgan fingerprint density at radius 3 is 2.71 bits per heavy atom. The fraction of sp³-hybridized carbons (Fsp3) is 0.588. The SMILES string of the molecule is CN(CCNC(=O)Cc1ccccc1F)C1CCCCC1. The first-order valence-corrected chi connectivity index (χ1v) is 7.87. The molecule has 1 aliphatic rings. The predicted molar refractivity (Wildman–Crippen MR) is 82.6 cm³/mol. The molecule has 2 rings (SSSR count). The van der Waals surface area contributed by atoms with Crippen LogP contribution >= 0.6 is 0 Å². The molecule has 4 heteroatoms. The Morgan fingerprint density at radius 1 is 1.29 bits per heavy atom. The summed E-state index contributed by atoms with van der Waals surface area (Å²) in [6.45, 7) is 1.48. The molecule has 0 spiro atoms. The number of halogens is 1. The van der Waals surface area contributed by atoms with Crippen molar-refractivity contribution in [3.8, 4) is 0 Å². The van der Waals surface area contributed by atoms with Crippen LogP contribution in [0.1, 0.15) is 37.7 Å². The summed E-state index contributed by atoms with van der Waals surface area (Å²) < 4.78 is 13.5. The van der Waals surface area contributed by atoms with Crippen LogP contribution in [-0.4, -0.2) is 37.0 Å². The molecule has 1 aromatic carbocycles. The molecule has 1 saturated carbocycles. The van der Waals surface area contributed by atoms with E-state index in [0.29, 0.717) is 18.2 Å². The Hall–Kier alpha value is -1.42. The second kappa shape index (κ2) is 8.13. The van der Waals surface area contributed by atoms with Crippen molar-refractivity contribution in [1.82, 2.24) is 10.2 Å². The Kier molecular flexibility index (Phi) is 6.18. The second-order valence-electron chi connectivity index (χ2n) is 5.89. The lowest BCUT2D eigenvalue weighted by atomic mass is 9.94. The van der Waals surface area contributed by atoms with Gasteiger partial charge in [-0.2, -0.15) is 0 Å². The van der Waals surface area contributed by atoms with Gasteiger partial charge in [-0.05, 0) is 31.5 Å². The molecule has 0 aromatic heterocycles. The first-order valence-electron chi connectivity index (χ1n) is 7.87. The van der Waals surface area contributed by atoms with Crippen molar-refractivity contribution in [2.45, 2.75) is 44.6 Å². The number of hydrogen-bond acceptors (Lipinski definition) is 2. The molecule has 0 heterocycles. The average Bonchev–Trinajstić information content (AvgIpc) is 2.50. The number of rotatable bonds is 6. The van der Waals surface area contributed by atoms with E-state index in [9.17, 15) is 9.18 Å². The van der Waals surface area contributed by atoms with Crippen LogP contribution in [0.4, 0.5) is 4.39 Å². The van der Waals surface area contributed by atoms with Gasteiger partial charge in [0.2, 0.25) is 5.91 Å². The van der Waals surface area contributed by atoms with E-state index in [0.717, 1.165) is 6.54 Å². The molecule has 0 aliphatic heterocycles. The number of carbonyl (C=O) groups excluding carboxylic acids is 1. The maximum atomic E-state index is 13.5. The summed E-state index contributed by atoms with van der Waals surface area (Å²) in [5.74, 6) is -0.427. The number of carbonyl (C=O) groups is 1. The summed E-state index contributed by atoms with van der Waals surface area (Å²) >= 11 is 0. The molecule has 0 radical (unpaired) electrons. The highest BCUT2D eigenvalue weighted by Crippen LogP contribution is 2.21. The Morgan fingerprint density at radius 2 is 2.00 bits per heavy atom. The van der Waals surface area contributed by atoms with E-state index < -0.39 is 0 Å². The van der Waals surface area contributed by atoms with Crippen molar-refractivity contribution < 1.29 is 9.18 Å². The molecule has 1 amide bonds. The Labute approximate surface area is 126 Å². The topological polar surface area (TPSA) is 32.3 Å². The van der Waals surface area contributed by atoms with E-state index >= 15 is 0 Å². The molecule has 1 fully saturated rings. The summed E-state index contributed by atoms with van der Waals surface area (Å²) in [5, 5.41) is 2.88. The molecule has 21 heavy (non-hydrogen) atoms. The van der Waals surface area contributed by atoms with Gasteiger partial charge in [-0.25, -0.2) is 4.39 Å². The second-order valence-corrected chi connectivity index (χ2v) is 5.89. The monoisotopic (exact) mass is 292 g/mol. The van der Waals surface area contributed by atoms with E-state index in [1.807, 2.05) is 0 Å². The van der Waals surface area contributed by atoms with Crippen LogP contribution in [0.5, 0.6) is 0 Å². The molecule has 3 nitrogen and oxygen atoms in total. The molecule has 1 aromatic rings. The van der Waals surface area contributed by atoms with Crippen molar-refractivity contribution in [1.29, 1.82) is 0 Å². The number of benzene rings is 1. The van der Waals surface area contributed by atoms with Crippen LogP contribution in [0.2, 0.25) is 0 Å². The van der Waals surface area contributed by atoms with Crippen LogP contribution in [0.3, 0.4) is 0 Å². The van der Waals surface area contributed by atoms with Gasteiger partial charge in [0.1, 0.15) is 5.82 Å². The molecule has 1 aliphatic carbocycles.